The van der Waals surface area contributed by atoms with E-state index in [4.69, 9.17) is 12.2 Å². The van der Waals surface area contributed by atoms with E-state index < -0.39 is 27.1 Å². The van der Waals surface area contributed by atoms with E-state index in [1.165, 1.54) is 0 Å². The Morgan fingerprint density at radius 3 is 2.05 bits per heavy atom. The lowest BCUT2D eigenvalue weighted by molar-refractivity contribution is -0.394. The number of non-ortho nitro benzene ring substituents is 2. The zero-order chi connectivity index (χ0) is 16.3. The van der Waals surface area contributed by atoms with Gasteiger partial charge < -0.3 is 4.90 Å². The minimum Gasteiger partial charge on any atom is -0.349 e. The van der Waals surface area contributed by atoms with Crippen LogP contribution in [0.15, 0.2) is 18.2 Å². The van der Waals surface area contributed by atoms with E-state index >= 15 is 0 Å². The maximum absolute atomic E-state index is 12.1. The zero-order valence-electron chi connectivity index (χ0n) is 11.4. The molecular weight excluding hydrogens is 312 g/mol. The van der Waals surface area contributed by atoms with Gasteiger partial charge in [-0.05, 0) is 25.1 Å². The first-order valence-corrected chi connectivity index (χ1v) is 6.83. The third kappa shape index (κ3) is 3.52. The standard InChI is InChI=1S/C12H12N4O5S/c17-11(13-12(22)14-3-1-2-4-14)8-5-9(15(18)19)7-10(6-8)16(20)21/h5-7H,1-4H2,(H,13,17,22). The third-order valence-electron chi connectivity index (χ3n) is 3.20. The summed E-state index contributed by atoms with van der Waals surface area (Å²) in [5.41, 5.74) is -1.22. The Hall–Kier alpha value is -2.62. The molecule has 1 saturated heterocycles. The average molecular weight is 324 g/mol. The lowest BCUT2D eigenvalue weighted by atomic mass is 10.1. The minimum absolute atomic E-state index is 0.178. The highest BCUT2D eigenvalue weighted by atomic mass is 32.1. The second kappa shape index (κ2) is 6.43. The number of hydrogen-bond donors (Lipinski definition) is 1. The minimum atomic E-state index is -0.789. The van der Waals surface area contributed by atoms with Crippen LogP contribution in [0.5, 0.6) is 0 Å². The van der Waals surface area contributed by atoms with E-state index in [2.05, 4.69) is 5.32 Å². The van der Waals surface area contributed by atoms with Crippen LogP contribution in [0, 0.1) is 20.2 Å². The van der Waals surface area contributed by atoms with Crippen molar-refractivity contribution in [3.63, 3.8) is 0 Å². The number of nitrogens with zero attached hydrogens (tertiary/aromatic N) is 3. The first-order valence-electron chi connectivity index (χ1n) is 6.42. The molecule has 1 aromatic rings. The molecule has 22 heavy (non-hydrogen) atoms. The average Bonchev–Trinajstić information content (AvgIpc) is 3.00. The summed E-state index contributed by atoms with van der Waals surface area (Å²) in [4.78, 5) is 33.9. The third-order valence-corrected chi connectivity index (χ3v) is 3.56. The fourth-order valence-electron chi connectivity index (χ4n) is 2.11. The van der Waals surface area contributed by atoms with Gasteiger partial charge in [-0.3, -0.25) is 30.3 Å². The molecule has 2 rings (SSSR count). The molecule has 1 aliphatic heterocycles. The number of benzene rings is 1. The highest BCUT2D eigenvalue weighted by Gasteiger charge is 2.22. The van der Waals surface area contributed by atoms with Crippen LogP contribution in [0.25, 0.3) is 0 Å². The molecule has 1 aliphatic rings. The van der Waals surface area contributed by atoms with Crippen molar-refractivity contribution in [2.24, 2.45) is 0 Å². The van der Waals surface area contributed by atoms with Gasteiger partial charge in [0.05, 0.1) is 21.5 Å². The quantitative estimate of drug-likeness (QED) is 0.509. The Morgan fingerprint density at radius 1 is 1.09 bits per heavy atom. The van der Waals surface area contributed by atoms with Crippen molar-refractivity contribution >= 4 is 34.6 Å². The number of carbonyl (C=O) groups excluding carboxylic acids is 1. The molecule has 9 nitrogen and oxygen atoms in total. The number of nitro benzene ring substituents is 2. The summed E-state index contributed by atoms with van der Waals surface area (Å²) in [6.45, 7) is 1.46. The van der Waals surface area contributed by atoms with Crippen LogP contribution in [-0.2, 0) is 0 Å². The molecule has 1 fully saturated rings. The Kier molecular flexibility index (Phi) is 4.61. The maximum Gasteiger partial charge on any atom is 0.277 e. The van der Waals surface area contributed by atoms with Gasteiger partial charge in [-0.15, -0.1) is 0 Å². The summed E-state index contributed by atoms with van der Waals surface area (Å²) in [7, 11) is 0. The SMILES string of the molecule is O=C(NC(=S)N1CCCC1)c1cc([N+](=O)[O-])cc([N+](=O)[O-])c1. The fourth-order valence-corrected chi connectivity index (χ4v) is 2.38. The number of likely N-dealkylation sites (tertiary alicyclic amines) is 1. The monoisotopic (exact) mass is 324 g/mol. The van der Waals surface area contributed by atoms with E-state index in [0.29, 0.717) is 0 Å². The van der Waals surface area contributed by atoms with Gasteiger partial charge in [0.1, 0.15) is 0 Å². The molecule has 0 aliphatic carbocycles. The summed E-state index contributed by atoms with van der Waals surface area (Å²) < 4.78 is 0. The molecule has 0 atom stereocenters. The van der Waals surface area contributed by atoms with E-state index in [1.807, 2.05) is 0 Å². The van der Waals surface area contributed by atoms with Crippen molar-refractivity contribution in [2.75, 3.05) is 13.1 Å². The Morgan fingerprint density at radius 2 is 1.59 bits per heavy atom. The van der Waals surface area contributed by atoms with Crippen LogP contribution in [0.1, 0.15) is 23.2 Å². The molecule has 1 aromatic carbocycles. The van der Waals surface area contributed by atoms with Crippen molar-refractivity contribution in [2.45, 2.75) is 12.8 Å². The van der Waals surface area contributed by atoms with Crippen molar-refractivity contribution in [1.29, 1.82) is 0 Å². The normalized spacial score (nSPS) is 13.7. The summed E-state index contributed by atoms with van der Waals surface area (Å²) in [5.74, 6) is -0.705. The maximum atomic E-state index is 12.1. The number of amides is 1. The van der Waals surface area contributed by atoms with Gasteiger partial charge in [0, 0.05) is 25.2 Å². The van der Waals surface area contributed by atoms with E-state index in [1.54, 1.807) is 4.90 Å². The van der Waals surface area contributed by atoms with E-state index in [9.17, 15) is 25.0 Å². The summed E-state index contributed by atoms with van der Waals surface area (Å²) >= 11 is 5.09. The topological polar surface area (TPSA) is 119 Å². The molecule has 0 aromatic heterocycles. The first kappa shape index (κ1) is 15.8. The molecular formula is C12H12N4O5S. The van der Waals surface area contributed by atoms with Gasteiger partial charge in [0.2, 0.25) is 0 Å². The summed E-state index contributed by atoms with van der Waals surface area (Å²) in [6.07, 6.45) is 1.94. The number of nitrogens with one attached hydrogen (secondary N) is 1. The van der Waals surface area contributed by atoms with Gasteiger partial charge >= 0.3 is 0 Å². The van der Waals surface area contributed by atoms with E-state index in [0.717, 1.165) is 44.1 Å². The van der Waals surface area contributed by atoms with Gasteiger partial charge in [0.15, 0.2) is 5.11 Å². The van der Waals surface area contributed by atoms with Crippen LogP contribution in [0.4, 0.5) is 11.4 Å². The van der Waals surface area contributed by atoms with Gasteiger partial charge in [-0.25, -0.2) is 0 Å². The largest absolute Gasteiger partial charge is 0.349 e. The van der Waals surface area contributed by atoms with Crippen molar-refractivity contribution < 1.29 is 14.6 Å². The predicted octanol–water partition coefficient (Wildman–Crippen LogP) is 1.61. The van der Waals surface area contributed by atoms with Crippen LogP contribution < -0.4 is 5.32 Å². The Bertz CT molecular complexity index is 625. The molecule has 0 radical (unpaired) electrons. The van der Waals surface area contributed by atoms with Gasteiger partial charge in [-0.1, -0.05) is 0 Å². The van der Waals surface area contributed by atoms with Crippen LogP contribution in [0.3, 0.4) is 0 Å². The summed E-state index contributed by atoms with van der Waals surface area (Å²) in [6, 6.07) is 2.76. The van der Waals surface area contributed by atoms with Crippen LogP contribution in [0.2, 0.25) is 0 Å². The number of thiocarbonyl (C=S) groups is 1. The molecule has 0 bridgehead atoms. The summed E-state index contributed by atoms with van der Waals surface area (Å²) in [5, 5.41) is 24.3. The zero-order valence-corrected chi connectivity index (χ0v) is 12.2. The number of nitro groups is 2. The highest BCUT2D eigenvalue weighted by Crippen LogP contribution is 2.22. The predicted molar refractivity (Wildman–Crippen MR) is 80.6 cm³/mol. The highest BCUT2D eigenvalue weighted by molar-refractivity contribution is 7.80. The Balaban J connectivity index is 2.22. The molecule has 0 unspecified atom stereocenters. The van der Waals surface area contributed by atoms with E-state index in [-0.39, 0.29) is 10.7 Å². The van der Waals surface area contributed by atoms with Crippen molar-refractivity contribution in [3.05, 3.63) is 44.0 Å². The van der Waals surface area contributed by atoms with Crippen molar-refractivity contribution in [1.82, 2.24) is 10.2 Å². The van der Waals surface area contributed by atoms with Crippen LogP contribution in [-0.4, -0.2) is 38.9 Å². The molecule has 0 saturated carbocycles. The lowest BCUT2D eigenvalue weighted by Crippen LogP contribution is -2.41. The molecule has 0 spiro atoms. The number of hydrogen-bond acceptors (Lipinski definition) is 6. The fraction of sp³-hybridized carbons (Fsp3) is 0.333. The second-order valence-electron chi connectivity index (χ2n) is 4.71. The van der Waals surface area contributed by atoms with Gasteiger partial charge in [-0.2, -0.15) is 0 Å². The molecule has 116 valence electrons. The van der Waals surface area contributed by atoms with Crippen molar-refractivity contribution in [3.8, 4) is 0 Å². The second-order valence-corrected chi connectivity index (χ2v) is 5.09. The Labute approximate surface area is 130 Å². The lowest BCUT2D eigenvalue weighted by Gasteiger charge is -2.18. The van der Waals surface area contributed by atoms with Gasteiger partial charge in [0.25, 0.3) is 17.3 Å². The molecule has 1 N–H and O–H groups in total. The first-order chi connectivity index (χ1) is 10.4. The van der Waals surface area contributed by atoms with Crippen LogP contribution >= 0.6 is 12.2 Å². The molecule has 1 heterocycles. The smallest absolute Gasteiger partial charge is 0.277 e. The number of rotatable bonds is 3. The molecule has 1 amide bonds. The molecule has 10 heteroatoms. The number of carbonyl (C=O) groups is 1.